The van der Waals surface area contributed by atoms with E-state index in [0.717, 1.165) is 11.1 Å². The second-order valence-corrected chi connectivity index (χ2v) is 11.6. The van der Waals surface area contributed by atoms with Gasteiger partial charge in [0.2, 0.25) is 0 Å². The Bertz CT molecular complexity index is 1920. The zero-order valence-corrected chi connectivity index (χ0v) is 27.0. The minimum atomic E-state index is -0.786. The number of methoxy groups -OCH3 is 1. The summed E-state index contributed by atoms with van der Waals surface area (Å²) in [5, 5.41) is 0. The normalized spacial score (nSPS) is 14.6. The molecule has 44 heavy (non-hydrogen) atoms. The molecule has 3 aromatic carbocycles. The van der Waals surface area contributed by atoms with Crippen molar-refractivity contribution in [2.24, 2.45) is 4.99 Å². The van der Waals surface area contributed by atoms with Crippen LogP contribution in [0.4, 0.5) is 4.39 Å². The Labute approximate surface area is 265 Å². The van der Waals surface area contributed by atoms with E-state index in [1.807, 2.05) is 25.1 Å². The van der Waals surface area contributed by atoms with E-state index < -0.39 is 12.0 Å². The van der Waals surface area contributed by atoms with Crippen LogP contribution in [0, 0.1) is 5.82 Å². The molecule has 0 fully saturated rings. The summed E-state index contributed by atoms with van der Waals surface area (Å²) in [5.74, 6) is 0.799. The zero-order chi connectivity index (χ0) is 31.4. The minimum absolute atomic E-state index is 0.179. The van der Waals surface area contributed by atoms with Crippen LogP contribution in [-0.4, -0.2) is 30.9 Å². The topological polar surface area (TPSA) is 88.4 Å². The summed E-state index contributed by atoms with van der Waals surface area (Å²) >= 11 is 4.79. The van der Waals surface area contributed by atoms with E-state index in [9.17, 15) is 14.0 Å². The van der Waals surface area contributed by atoms with Gasteiger partial charge in [0.05, 0.1) is 46.6 Å². The molecule has 1 aromatic heterocycles. The fourth-order valence-electron chi connectivity index (χ4n) is 4.86. The van der Waals surface area contributed by atoms with Crippen LogP contribution in [0.25, 0.3) is 6.08 Å². The van der Waals surface area contributed by atoms with Gasteiger partial charge in [-0.15, -0.1) is 0 Å². The molecule has 0 saturated heterocycles. The third-order valence-corrected chi connectivity index (χ3v) is 8.48. The Morgan fingerprint density at radius 2 is 1.77 bits per heavy atom. The molecule has 0 unspecified atom stereocenters. The number of carbonyl (C=O) groups is 1. The number of benzene rings is 3. The number of carbonyl (C=O) groups excluding carboxylic acids is 1. The van der Waals surface area contributed by atoms with E-state index in [0.29, 0.717) is 48.9 Å². The summed E-state index contributed by atoms with van der Waals surface area (Å²) in [4.78, 5) is 32.3. The van der Waals surface area contributed by atoms with Gasteiger partial charge in [-0.2, -0.15) is 0 Å². The van der Waals surface area contributed by atoms with Gasteiger partial charge in [-0.3, -0.25) is 9.36 Å². The summed E-state index contributed by atoms with van der Waals surface area (Å²) in [6, 6.07) is 16.2. The predicted octanol–water partition coefficient (Wildman–Crippen LogP) is 5.69. The maximum absolute atomic E-state index is 14.0. The maximum atomic E-state index is 14.0. The molecule has 1 atom stereocenters. The molecule has 0 N–H and O–H groups in total. The van der Waals surface area contributed by atoms with E-state index in [1.54, 1.807) is 57.4 Å². The lowest BCUT2D eigenvalue weighted by atomic mass is 9.95. The highest BCUT2D eigenvalue weighted by atomic mass is 79.9. The van der Waals surface area contributed by atoms with Crippen LogP contribution in [-0.2, 0) is 16.1 Å². The molecule has 8 nitrogen and oxygen atoms in total. The number of halogens is 2. The number of rotatable bonds is 10. The highest BCUT2D eigenvalue weighted by molar-refractivity contribution is 9.10. The van der Waals surface area contributed by atoms with Gasteiger partial charge in [-0.05, 0) is 95.9 Å². The number of ether oxygens (including phenoxy) is 4. The van der Waals surface area contributed by atoms with Crippen molar-refractivity contribution >= 4 is 39.3 Å². The Morgan fingerprint density at radius 1 is 1.02 bits per heavy atom. The number of hydrogen-bond donors (Lipinski definition) is 0. The van der Waals surface area contributed by atoms with Gasteiger partial charge in [-0.1, -0.05) is 35.6 Å². The monoisotopic (exact) mass is 680 g/mol. The van der Waals surface area contributed by atoms with Gasteiger partial charge in [0.1, 0.15) is 18.2 Å². The fraction of sp³-hybridized carbons (Fsp3) is 0.242. The first-order valence-corrected chi connectivity index (χ1v) is 15.5. The van der Waals surface area contributed by atoms with Gasteiger partial charge in [0.15, 0.2) is 16.3 Å². The van der Waals surface area contributed by atoms with Gasteiger partial charge in [-0.25, -0.2) is 14.2 Å². The van der Waals surface area contributed by atoms with Crippen molar-refractivity contribution in [3.8, 4) is 17.2 Å². The standard InChI is InChI=1S/C33H30BrFN2O6S/c1-5-41-27-17-22(10-14-26(27)40-4)30-29(32(39)42-6-2)19(3)36-33-37(30)31(38)28(44-33)16-21-9-13-25(24(34)15-21)43-18-20-7-11-23(35)12-8-20/h7-17,30H,5-6,18H2,1-4H3/b28-16-/t30-/m0/s1. The molecule has 0 bridgehead atoms. The van der Waals surface area contributed by atoms with E-state index in [4.69, 9.17) is 18.9 Å². The fourth-order valence-corrected chi connectivity index (χ4v) is 6.41. The van der Waals surface area contributed by atoms with E-state index in [-0.39, 0.29) is 30.2 Å². The summed E-state index contributed by atoms with van der Waals surface area (Å²) in [7, 11) is 1.55. The van der Waals surface area contributed by atoms with E-state index >= 15 is 0 Å². The lowest BCUT2D eigenvalue weighted by Crippen LogP contribution is -2.40. The van der Waals surface area contributed by atoms with Gasteiger partial charge < -0.3 is 18.9 Å². The summed E-state index contributed by atoms with van der Waals surface area (Å²) in [6.07, 6.45) is 1.78. The lowest BCUT2D eigenvalue weighted by molar-refractivity contribution is -0.139. The second kappa shape index (κ2) is 13.6. The van der Waals surface area contributed by atoms with Crippen molar-refractivity contribution < 1.29 is 28.1 Å². The zero-order valence-electron chi connectivity index (χ0n) is 24.6. The molecule has 4 aromatic rings. The molecule has 2 heterocycles. The van der Waals surface area contributed by atoms with Gasteiger partial charge in [0.25, 0.3) is 5.56 Å². The number of thiazole rings is 1. The highest BCUT2D eigenvalue weighted by Gasteiger charge is 2.34. The van der Waals surface area contributed by atoms with Crippen molar-refractivity contribution in [1.29, 1.82) is 0 Å². The van der Waals surface area contributed by atoms with Gasteiger partial charge in [0, 0.05) is 0 Å². The minimum Gasteiger partial charge on any atom is -0.493 e. The molecule has 1 aliphatic heterocycles. The molecule has 0 aliphatic carbocycles. The SMILES string of the molecule is CCOC(=O)C1=C(C)N=c2s/c(=C\c3ccc(OCc4ccc(F)cc4)c(Br)c3)c(=O)n2[C@H]1c1ccc(OC)c(OCC)c1. The smallest absolute Gasteiger partial charge is 0.338 e. The van der Waals surface area contributed by atoms with Crippen LogP contribution in [0.2, 0.25) is 0 Å². The average Bonchev–Trinajstić information content (AvgIpc) is 3.30. The molecule has 1 aliphatic rings. The highest BCUT2D eigenvalue weighted by Crippen LogP contribution is 2.36. The van der Waals surface area contributed by atoms with Crippen molar-refractivity contribution in [3.63, 3.8) is 0 Å². The first-order chi connectivity index (χ1) is 21.2. The quantitative estimate of drug-likeness (QED) is 0.200. The molecule has 0 radical (unpaired) electrons. The van der Waals surface area contributed by atoms with Crippen LogP contribution in [0.1, 0.15) is 43.5 Å². The van der Waals surface area contributed by atoms with Crippen LogP contribution >= 0.6 is 27.3 Å². The van der Waals surface area contributed by atoms with Gasteiger partial charge >= 0.3 is 5.97 Å². The third kappa shape index (κ3) is 6.48. The van der Waals surface area contributed by atoms with Crippen molar-refractivity contribution in [3.05, 3.63) is 119 Å². The van der Waals surface area contributed by atoms with Crippen LogP contribution < -0.4 is 29.1 Å². The number of allylic oxidation sites excluding steroid dienone is 1. The third-order valence-electron chi connectivity index (χ3n) is 6.88. The largest absolute Gasteiger partial charge is 0.493 e. The average molecular weight is 682 g/mol. The van der Waals surface area contributed by atoms with Crippen molar-refractivity contribution in [1.82, 2.24) is 4.57 Å². The van der Waals surface area contributed by atoms with E-state index in [2.05, 4.69) is 20.9 Å². The Balaban J connectivity index is 1.55. The van der Waals surface area contributed by atoms with Crippen LogP contribution in [0.15, 0.2) is 86.2 Å². The van der Waals surface area contributed by atoms with Crippen molar-refractivity contribution in [2.75, 3.05) is 20.3 Å². The first kappa shape index (κ1) is 31.2. The maximum Gasteiger partial charge on any atom is 0.338 e. The molecule has 5 rings (SSSR count). The number of fused-ring (bicyclic) bond motifs is 1. The summed E-state index contributed by atoms with van der Waals surface area (Å²) < 4.78 is 38.4. The molecular formula is C33H30BrFN2O6S. The lowest BCUT2D eigenvalue weighted by Gasteiger charge is -2.25. The molecule has 228 valence electrons. The number of hydrogen-bond acceptors (Lipinski definition) is 8. The first-order valence-electron chi connectivity index (χ1n) is 13.9. The molecule has 0 saturated carbocycles. The Morgan fingerprint density at radius 3 is 2.45 bits per heavy atom. The summed E-state index contributed by atoms with van der Waals surface area (Å²) in [6.45, 7) is 6.20. The Hall–Kier alpha value is -4.22. The summed E-state index contributed by atoms with van der Waals surface area (Å²) in [5.41, 5.74) is 2.71. The molecule has 0 amide bonds. The Kier molecular flexibility index (Phi) is 9.65. The van der Waals surface area contributed by atoms with Crippen LogP contribution in [0.3, 0.4) is 0 Å². The van der Waals surface area contributed by atoms with Crippen LogP contribution in [0.5, 0.6) is 17.2 Å². The van der Waals surface area contributed by atoms with E-state index in [1.165, 1.54) is 28.0 Å². The number of esters is 1. The molecular weight excluding hydrogens is 651 g/mol. The second-order valence-electron chi connectivity index (χ2n) is 9.75. The number of aromatic nitrogens is 1. The van der Waals surface area contributed by atoms with Crippen molar-refractivity contribution in [2.45, 2.75) is 33.4 Å². The molecule has 11 heteroatoms. The predicted molar refractivity (Wildman–Crippen MR) is 169 cm³/mol. The number of nitrogens with zero attached hydrogens (tertiary/aromatic N) is 2. The molecule has 0 spiro atoms.